The van der Waals surface area contributed by atoms with Crippen LogP contribution in [0.25, 0.3) is 11.1 Å². The highest BCUT2D eigenvalue weighted by Crippen LogP contribution is 2.55. The summed E-state index contributed by atoms with van der Waals surface area (Å²) in [5.74, 6) is 1.77. The maximum absolute atomic E-state index is 14.6. The number of ether oxygens (including phenoxy) is 3. The number of nitrogens with zero attached hydrogens (tertiary/aromatic N) is 2. The van der Waals surface area contributed by atoms with E-state index in [2.05, 4.69) is 6.07 Å². The van der Waals surface area contributed by atoms with Gasteiger partial charge < -0.3 is 19.3 Å². The minimum Gasteiger partial charge on any atom is -0.508 e. The quantitative estimate of drug-likeness (QED) is 0.347. The number of phenolic OH excluding ortho intramolecular Hbond substituents is 1. The van der Waals surface area contributed by atoms with Crippen LogP contribution in [0.1, 0.15) is 41.2 Å². The SMILES string of the molecule is N#Cc1cc(C2=C(C3CC3)c3cc(O)ccc3OC2c2ccc(OCC(F)N3CCOCC3)cc2)ccc1Cl. The molecule has 6 rings (SSSR count). The zero-order valence-electron chi connectivity index (χ0n) is 21.3. The minimum atomic E-state index is -1.20. The molecule has 1 N–H and O–H groups in total. The highest BCUT2D eigenvalue weighted by atomic mass is 35.5. The van der Waals surface area contributed by atoms with Gasteiger partial charge in [-0.15, -0.1) is 0 Å². The summed E-state index contributed by atoms with van der Waals surface area (Å²) in [6.07, 6.45) is 0.430. The van der Waals surface area contributed by atoms with E-state index in [4.69, 9.17) is 25.8 Å². The molecule has 0 spiro atoms. The summed E-state index contributed by atoms with van der Waals surface area (Å²) in [5.41, 5.74) is 5.08. The van der Waals surface area contributed by atoms with E-state index in [-0.39, 0.29) is 12.4 Å². The number of alkyl halides is 1. The zero-order valence-corrected chi connectivity index (χ0v) is 22.0. The third-order valence-corrected chi connectivity index (χ3v) is 7.78. The van der Waals surface area contributed by atoms with E-state index in [1.54, 1.807) is 35.2 Å². The van der Waals surface area contributed by atoms with Gasteiger partial charge in [-0.05, 0) is 77.9 Å². The number of hydrogen-bond acceptors (Lipinski definition) is 6. The molecule has 2 heterocycles. The summed E-state index contributed by atoms with van der Waals surface area (Å²) in [4.78, 5) is 1.72. The second-order valence-electron chi connectivity index (χ2n) is 10.0. The van der Waals surface area contributed by atoms with Gasteiger partial charge in [-0.3, -0.25) is 4.90 Å². The number of aromatic hydroxyl groups is 1. The molecule has 200 valence electrons. The average Bonchev–Trinajstić information content (AvgIpc) is 3.81. The first-order chi connectivity index (χ1) is 19.0. The van der Waals surface area contributed by atoms with Crippen LogP contribution in [-0.4, -0.2) is 49.2 Å². The summed E-state index contributed by atoms with van der Waals surface area (Å²) < 4.78 is 32.3. The fourth-order valence-corrected chi connectivity index (χ4v) is 5.46. The summed E-state index contributed by atoms with van der Waals surface area (Å²) >= 11 is 6.27. The molecular formula is C31H28ClFN2O4. The van der Waals surface area contributed by atoms with Gasteiger partial charge in [0.25, 0.3) is 0 Å². The molecule has 0 aromatic heterocycles. The number of allylic oxidation sites excluding steroid dienone is 1. The van der Waals surface area contributed by atoms with Crippen LogP contribution in [0.5, 0.6) is 17.2 Å². The molecule has 3 aromatic rings. The smallest absolute Gasteiger partial charge is 0.188 e. The van der Waals surface area contributed by atoms with Gasteiger partial charge in [-0.2, -0.15) is 5.26 Å². The fraction of sp³-hybridized carbons (Fsp3) is 0.323. The predicted molar refractivity (Wildman–Crippen MR) is 146 cm³/mol. The Morgan fingerprint density at radius 2 is 1.82 bits per heavy atom. The topological polar surface area (TPSA) is 75.0 Å². The fourth-order valence-electron chi connectivity index (χ4n) is 5.30. The van der Waals surface area contributed by atoms with Crippen LogP contribution in [0, 0.1) is 17.2 Å². The van der Waals surface area contributed by atoms with Crippen molar-refractivity contribution < 1.29 is 23.7 Å². The highest BCUT2D eigenvalue weighted by molar-refractivity contribution is 6.31. The minimum absolute atomic E-state index is 0.0607. The van der Waals surface area contributed by atoms with Gasteiger partial charge in [0.1, 0.15) is 36.0 Å². The second-order valence-corrected chi connectivity index (χ2v) is 10.5. The Balaban J connectivity index is 1.34. The molecule has 1 aliphatic carbocycles. The molecule has 0 radical (unpaired) electrons. The molecule has 3 aliphatic rings. The van der Waals surface area contributed by atoms with Crippen molar-refractivity contribution in [3.8, 4) is 23.3 Å². The molecular weight excluding hydrogens is 519 g/mol. The maximum Gasteiger partial charge on any atom is 0.188 e. The molecule has 39 heavy (non-hydrogen) atoms. The summed E-state index contributed by atoms with van der Waals surface area (Å²) in [5, 5.41) is 20.3. The lowest BCUT2D eigenvalue weighted by atomic mass is 9.83. The Kier molecular flexibility index (Phi) is 7.18. The van der Waals surface area contributed by atoms with E-state index in [9.17, 15) is 14.8 Å². The molecule has 2 aliphatic heterocycles. The van der Waals surface area contributed by atoms with E-state index in [1.165, 1.54) is 0 Å². The van der Waals surface area contributed by atoms with Crippen LogP contribution in [0.2, 0.25) is 5.02 Å². The second kappa shape index (κ2) is 10.9. The molecule has 2 fully saturated rings. The lowest BCUT2D eigenvalue weighted by Crippen LogP contribution is -2.43. The lowest BCUT2D eigenvalue weighted by Gasteiger charge is -2.32. The third kappa shape index (κ3) is 5.33. The van der Waals surface area contributed by atoms with Crippen molar-refractivity contribution in [3.05, 3.63) is 87.9 Å². The molecule has 0 bridgehead atoms. The Hall–Kier alpha value is -3.57. The van der Waals surface area contributed by atoms with Gasteiger partial charge in [0.05, 0.1) is 23.8 Å². The zero-order chi connectivity index (χ0) is 26.9. The van der Waals surface area contributed by atoms with Crippen molar-refractivity contribution in [2.24, 2.45) is 5.92 Å². The van der Waals surface area contributed by atoms with Crippen LogP contribution in [0.4, 0.5) is 4.39 Å². The number of benzene rings is 3. The number of hydrogen-bond donors (Lipinski definition) is 1. The van der Waals surface area contributed by atoms with Gasteiger partial charge in [-0.1, -0.05) is 29.8 Å². The van der Waals surface area contributed by atoms with E-state index in [0.717, 1.165) is 40.7 Å². The maximum atomic E-state index is 14.6. The van der Waals surface area contributed by atoms with Crippen LogP contribution in [-0.2, 0) is 4.74 Å². The Labute approximate surface area is 231 Å². The average molecular weight is 547 g/mol. The first kappa shape index (κ1) is 25.7. The van der Waals surface area contributed by atoms with Gasteiger partial charge in [0.15, 0.2) is 6.30 Å². The van der Waals surface area contributed by atoms with Crippen molar-refractivity contribution in [2.45, 2.75) is 25.2 Å². The Morgan fingerprint density at radius 3 is 2.54 bits per heavy atom. The first-order valence-corrected chi connectivity index (χ1v) is 13.5. The lowest BCUT2D eigenvalue weighted by molar-refractivity contribution is -0.0358. The van der Waals surface area contributed by atoms with Crippen molar-refractivity contribution in [1.82, 2.24) is 4.90 Å². The number of fused-ring (bicyclic) bond motifs is 1. The van der Waals surface area contributed by atoms with E-state index < -0.39 is 12.4 Å². The molecule has 2 atom stereocenters. The van der Waals surface area contributed by atoms with Gasteiger partial charge >= 0.3 is 0 Å². The normalized spacial score (nSPS) is 20.1. The highest BCUT2D eigenvalue weighted by Gasteiger charge is 2.38. The van der Waals surface area contributed by atoms with E-state index >= 15 is 0 Å². The molecule has 2 unspecified atom stereocenters. The van der Waals surface area contributed by atoms with E-state index in [0.29, 0.717) is 54.3 Å². The molecule has 8 heteroatoms. The number of nitriles is 1. The predicted octanol–water partition coefficient (Wildman–Crippen LogP) is 6.38. The van der Waals surface area contributed by atoms with Crippen LogP contribution in [0.3, 0.4) is 0 Å². The number of halogens is 2. The molecule has 0 amide bonds. The Morgan fingerprint density at radius 1 is 1.05 bits per heavy atom. The summed E-state index contributed by atoms with van der Waals surface area (Å²) in [6.45, 7) is 2.11. The van der Waals surface area contributed by atoms with Crippen molar-refractivity contribution >= 4 is 22.7 Å². The molecule has 1 saturated carbocycles. The first-order valence-electron chi connectivity index (χ1n) is 13.1. The standard InChI is InChI=1S/C31H28ClFN2O4/c32-26-9-5-21(15-22(26)17-34)30-29(19-1-2-19)25-16-23(36)6-10-27(25)39-31(30)20-3-7-24(8-4-20)38-18-28(33)35-11-13-37-14-12-35/h3-10,15-16,19,28,31,36H,1-2,11-14,18H2. The molecule has 1 saturated heterocycles. The number of rotatable bonds is 7. The third-order valence-electron chi connectivity index (χ3n) is 7.45. The number of phenols is 1. The van der Waals surface area contributed by atoms with Gasteiger partial charge in [0.2, 0.25) is 0 Å². The Bertz CT molecular complexity index is 1440. The molecule has 6 nitrogen and oxygen atoms in total. The summed E-state index contributed by atoms with van der Waals surface area (Å²) in [6, 6.07) is 20.3. The van der Waals surface area contributed by atoms with Crippen LogP contribution >= 0.6 is 11.6 Å². The van der Waals surface area contributed by atoms with Crippen molar-refractivity contribution in [2.75, 3.05) is 32.9 Å². The monoisotopic (exact) mass is 546 g/mol. The van der Waals surface area contributed by atoms with Gasteiger partial charge in [-0.25, -0.2) is 4.39 Å². The number of morpholine rings is 1. The summed E-state index contributed by atoms with van der Waals surface area (Å²) in [7, 11) is 0. The van der Waals surface area contributed by atoms with Crippen molar-refractivity contribution in [3.63, 3.8) is 0 Å². The van der Waals surface area contributed by atoms with Crippen molar-refractivity contribution in [1.29, 1.82) is 5.26 Å². The van der Waals surface area contributed by atoms with Crippen LogP contribution in [0.15, 0.2) is 60.7 Å². The van der Waals surface area contributed by atoms with Crippen LogP contribution < -0.4 is 9.47 Å². The van der Waals surface area contributed by atoms with E-state index in [1.807, 2.05) is 30.3 Å². The molecule has 3 aromatic carbocycles. The van der Waals surface area contributed by atoms with Gasteiger partial charge in [0, 0.05) is 24.2 Å². The largest absolute Gasteiger partial charge is 0.508 e.